The molecule has 0 saturated heterocycles. The lowest BCUT2D eigenvalue weighted by molar-refractivity contribution is 0.263. The molecule has 30 heavy (non-hydrogen) atoms. The van der Waals surface area contributed by atoms with E-state index in [-0.39, 0.29) is 10.9 Å². The standard InChI is InChI=1S/C25H25F5/c1-3-5-6-7-15-8-10-17(11-9-15)22(27)24(29)19-13-12-18-14-16(4-2)21(26)25(30)20(18)23(19)28/h3-5,12-15,17H,2,6-11H2,1H3/b5-3+,24-22?. The van der Waals surface area contributed by atoms with Crippen LogP contribution in [0.5, 0.6) is 0 Å². The Hall–Kier alpha value is -2.43. The van der Waals surface area contributed by atoms with Crippen LogP contribution in [0.1, 0.15) is 56.6 Å². The van der Waals surface area contributed by atoms with Gasteiger partial charge in [-0.3, -0.25) is 0 Å². The van der Waals surface area contributed by atoms with E-state index in [0.29, 0.717) is 18.8 Å². The predicted octanol–water partition coefficient (Wildman–Crippen LogP) is 8.67. The highest BCUT2D eigenvalue weighted by molar-refractivity contribution is 5.89. The fraction of sp³-hybridized carbons (Fsp3) is 0.360. The minimum atomic E-state index is -1.43. The Morgan fingerprint density at radius 1 is 1.03 bits per heavy atom. The van der Waals surface area contributed by atoms with Gasteiger partial charge in [0, 0.05) is 17.0 Å². The summed E-state index contributed by atoms with van der Waals surface area (Å²) in [5.41, 5.74) is -0.805. The highest BCUT2D eigenvalue weighted by Crippen LogP contribution is 2.40. The molecular formula is C25H25F5. The summed E-state index contributed by atoms with van der Waals surface area (Å²) in [5, 5.41) is -0.633. The van der Waals surface area contributed by atoms with Crippen LogP contribution in [0.4, 0.5) is 22.0 Å². The second kappa shape index (κ2) is 9.59. The van der Waals surface area contributed by atoms with Gasteiger partial charge in [0.1, 0.15) is 11.6 Å². The van der Waals surface area contributed by atoms with E-state index < -0.39 is 46.0 Å². The van der Waals surface area contributed by atoms with Crippen molar-refractivity contribution in [3.05, 3.63) is 71.3 Å². The summed E-state index contributed by atoms with van der Waals surface area (Å²) in [4.78, 5) is 0. The quantitative estimate of drug-likeness (QED) is 0.324. The molecule has 2 aromatic carbocycles. The van der Waals surface area contributed by atoms with Crippen molar-refractivity contribution >= 4 is 22.7 Å². The van der Waals surface area contributed by atoms with Gasteiger partial charge in [0.15, 0.2) is 17.5 Å². The zero-order valence-corrected chi connectivity index (χ0v) is 17.0. The van der Waals surface area contributed by atoms with E-state index in [1.54, 1.807) is 0 Å². The van der Waals surface area contributed by atoms with Crippen LogP contribution in [0, 0.1) is 29.3 Å². The zero-order chi connectivity index (χ0) is 21.8. The van der Waals surface area contributed by atoms with Crippen molar-refractivity contribution in [1.29, 1.82) is 0 Å². The molecule has 1 aliphatic carbocycles. The van der Waals surface area contributed by atoms with Crippen LogP contribution in [0.15, 0.2) is 42.8 Å². The van der Waals surface area contributed by atoms with Crippen molar-refractivity contribution in [2.75, 3.05) is 0 Å². The van der Waals surface area contributed by atoms with Crippen molar-refractivity contribution in [2.24, 2.45) is 11.8 Å². The Bertz CT molecular complexity index is 995. The average molecular weight is 420 g/mol. The van der Waals surface area contributed by atoms with Crippen molar-refractivity contribution in [3.63, 3.8) is 0 Å². The molecule has 0 radical (unpaired) electrons. The molecule has 0 nitrogen and oxygen atoms in total. The lowest BCUT2D eigenvalue weighted by atomic mass is 9.79. The van der Waals surface area contributed by atoms with Gasteiger partial charge in [-0.05, 0) is 68.9 Å². The van der Waals surface area contributed by atoms with Gasteiger partial charge in [0.05, 0.1) is 5.39 Å². The third-order valence-corrected chi connectivity index (χ3v) is 6.00. The van der Waals surface area contributed by atoms with Gasteiger partial charge in [-0.1, -0.05) is 30.9 Å². The lowest BCUT2D eigenvalue weighted by Gasteiger charge is -2.27. The number of benzene rings is 2. The van der Waals surface area contributed by atoms with Gasteiger partial charge in [0.25, 0.3) is 0 Å². The fourth-order valence-corrected chi connectivity index (χ4v) is 4.23. The molecule has 0 heterocycles. The molecule has 0 bridgehead atoms. The van der Waals surface area contributed by atoms with Crippen molar-refractivity contribution in [1.82, 2.24) is 0 Å². The van der Waals surface area contributed by atoms with Gasteiger partial charge in [-0.2, -0.15) is 0 Å². The van der Waals surface area contributed by atoms with E-state index in [1.807, 2.05) is 13.0 Å². The molecule has 1 saturated carbocycles. The van der Waals surface area contributed by atoms with E-state index in [0.717, 1.165) is 37.8 Å². The maximum absolute atomic E-state index is 14.9. The number of rotatable bonds is 6. The first-order chi connectivity index (χ1) is 14.4. The zero-order valence-electron chi connectivity index (χ0n) is 17.0. The van der Waals surface area contributed by atoms with Gasteiger partial charge in [0.2, 0.25) is 0 Å². The lowest BCUT2D eigenvalue weighted by Crippen LogP contribution is -2.15. The third-order valence-electron chi connectivity index (χ3n) is 6.00. The van der Waals surface area contributed by atoms with Crippen molar-refractivity contribution < 1.29 is 22.0 Å². The first kappa shape index (κ1) is 22.3. The smallest absolute Gasteiger partial charge is 0.170 e. The molecule has 5 heteroatoms. The molecule has 3 rings (SSSR count). The van der Waals surface area contributed by atoms with E-state index in [1.165, 1.54) is 12.1 Å². The van der Waals surface area contributed by atoms with Crippen molar-refractivity contribution in [2.45, 2.75) is 45.4 Å². The maximum Gasteiger partial charge on any atom is 0.170 e. The summed E-state index contributed by atoms with van der Waals surface area (Å²) in [6, 6.07) is 3.55. The molecule has 0 N–H and O–H groups in total. The number of hydrogen-bond donors (Lipinski definition) is 0. The highest BCUT2D eigenvalue weighted by Gasteiger charge is 2.28. The molecule has 0 aromatic heterocycles. The number of allylic oxidation sites excluding steroid dienone is 3. The molecule has 2 aromatic rings. The van der Waals surface area contributed by atoms with Crippen LogP contribution in [0.2, 0.25) is 0 Å². The predicted molar refractivity (Wildman–Crippen MR) is 113 cm³/mol. The largest absolute Gasteiger partial charge is 0.208 e. The van der Waals surface area contributed by atoms with E-state index in [4.69, 9.17) is 0 Å². The Kier molecular flexibility index (Phi) is 7.11. The summed E-state index contributed by atoms with van der Waals surface area (Å²) in [6.45, 7) is 5.35. The minimum absolute atomic E-state index is 0.0555. The SMILES string of the molecule is C=Cc1cc2ccc(C(F)=C(F)C3CCC(CC/C=C/C)CC3)c(F)c2c(F)c1F. The Morgan fingerprint density at radius 2 is 1.73 bits per heavy atom. The minimum Gasteiger partial charge on any atom is -0.208 e. The molecule has 0 unspecified atom stereocenters. The number of halogens is 5. The summed E-state index contributed by atoms with van der Waals surface area (Å²) < 4.78 is 73.0. The Morgan fingerprint density at radius 3 is 2.37 bits per heavy atom. The molecule has 1 fully saturated rings. The van der Waals surface area contributed by atoms with Crippen LogP contribution in [0.3, 0.4) is 0 Å². The van der Waals surface area contributed by atoms with E-state index >= 15 is 0 Å². The van der Waals surface area contributed by atoms with E-state index in [2.05, 4.69) is 12.7 Å². The van der Waals surface area contributed by atoms with Gasteiger partial charge in [-0.15, -0.1) is 0 Å². The Labute approximate surface area is 173 Å². The normalized spacial score (nSPS) is 20.6. The molecular weight excluding hydrogens is 395 g/mol. The maximum atomic E-state index is 14.9. The van der Waals surface area contributed by atoms with Gasteiger partial charge < -0.3 is 0 Å². The topological polar surface area (TPSA) is 0 Å². The summed E-state index contributed by atoms with van der Waals surface area (Å²) in [6.07, 6.45) is 9.72. The second-order valence-corrected chi connectivity index (χ2v) is 7.85. The van der Waals surface area contributed by atoms with Crippen LogP contribution in [0.25, 0.3) is 22.7 Å². The summed E-state index contributed by atoms with van der Waals surface area (Å²) in [5.74, 6) is -6.49. The number of fused-ring (bicyclic) bond motifs is 1. The average Bonchev–Trinajstić information content (AvgIpc) is 2.76. The second-order valence-electron chi connectivity index (χ2n) is 7.85. The monoisotopic (exact) mass is 420 g/mol. The number of hydrogen-bond acceptors (Lipinski definition) is 0. The molecule has 0 amide bonds. The first-order valence-corrected chi connectivity index (χ1v) is 10.3. The summed E-state index contributed by atoms with van der Waals surface area (Å²) >= 11 is 0. The Balaban J connectivity index is 1.88. The third kappa shape index (κ3) is 4.35. The van der Waals surface area contributed by atoms with Crippen molar-refractivity contribution in [3.8, 4) is 0 Å². The highest BCUT2D eigenvalue weighted by atomic mass is 19.2. The van der Waals surface area contributed by atoms with Crippen LogP contribution in [-0.2, 0) is 0 Å². The van der Waals surface area contributed by atoms with Crippen LogP contribution >= 0.6 is 0 Å². The molecule has 1 aliphatic rings. The fourth-order valence-electron chi connectivity index (χ4n) is 4.23. The van der Waals surface area contributed by atoms with E-state index in [9.17, 15) is 22.0 Å². The van der Waals surface area contributed by atoms with Gasteiger partial charge >= 0.3 is 0 Å². The molecule has 160 valence electrons. The first-order valence-electron chi connectivity index (χ1n) is 10.3. The molecule has 0 aliphatic heterocycles. The van der Waals surface area contributed by atoms with Crippen LogP contribution in [-0.4, -0.2) is 0 Å². The summed E-state index contributed by atoms with van der Waals surface area (Å²) in [7, 11) is 0. The van der Waals surface area contributed by atoms with Gasteiger partial charge in [-0.25, -0.2) is 22.0 Å². The van der Waals surface area contributed by atoms with Crippen LogP contribution < -0.4 is 0 Å². The molecule has 0 atom stereocenters. The molecule has 0 spiro atoms.